The predicted molar refractivity (Wildman–Crippen MR) is 81.2 cm³/mol. The van der Waals surface area contributed by atoms with E-state index in [4.69, 9.17) is 9.68 Å². The van der Waals surface area contributed by atoms with Crippen LogP contribution < -0.4 is 5.43 Å². The van der Waals surface area contributed by atoms with Gasteiger partial charge < -0.3 is 4.42 Å². The normalized spacial score (nSPS) is 11.7. The highest BCUT2D eigenvalue weighted by Gasteiger charge is 2.16. The lowest BCUT2D eigenvalue weighted by atomic mass is 9.86. The average Bonchev–Trinajstić information content (AvgIpc) is 2.46. The predicted octanol–water partition coefficient (Wildman–Crippen LogP) is 3.51. The molecule has 4 nitrogen and oxygen atoms in total. The minimum absolute atomic E-state index is 0.0532. The fourth-order valence-corrected chi connectivity index (χ4v) is 2.27. The molecule has 0 fully saturated rings. The van der Waals surface area contributed by atoms with E-state index in [1.807, 2.05) is 18.2 Å². The van der Waals surface area contributed by atoms with E-state index in [1.165, 1.54) is 12.3 Å². The Hall–Kier alpha value is -2.67. The van der Waals surface area contributed by atoms with Crippen LogP contribution in [0.5, 0.6) is 0 Å². The maximum atomic E-state index is 12.6. The van der Waals surface area contributed by atoms with Crippen molar-refractivity contribution in [2.75, 3.05) is 0 Å². The van der Waals surface area contributed by atoms with Crippen LogP contribution in [0.2, 0.25) is 0 Å². The van der Waals surface area contributed by atoms with Gasteiger partial charge in [-0.25, -0.2) is 4.98 Å². The van der Waals surface area contributed by atoms with Crippen molar-refractivity contribution >= 4 is 22.1 Å². The molecule has 0 saturated heterocycles. The first-order valence-corrected chi connectivity index (χ1v) is 6.67. The van der Waals surface area contributed by atoms with Gasteiger partial charge in [-0.1, -0.05) is 26.8 Å². The van der Waals surface area contributed by atoms with E-state index in [1.54, 1.807) is 6.07 Å². The summed E-state index contributed by atoms with van der Waals surface area (Å²) in [6, 6.07) is 9.13. The standard InChI is InChI=1S/C17H14N2O2/c1-17(2,3)11-4-5-14-12(7-11)15(20)13-6-10(8-18)9-19-16(13)21-14/h4-7,9H,1-3H3. The van der Waals surface area contributed by atoms with E-state index >= 15 is 0 Å². The summed E-state index contributed by atoms with van der Waals surface area (Å²) < 4.78 is 5.67. The lowest BCUT2D eigenvalue weighted by molar-refractivity contribution is 0.589. The molecule has 0 aliphatic carbocycles. The van der Waals surface area contributed by atoms with E-state index in [2.05, 4.69) is 25.8 Å². The number of nitrogens with zero attached hydrogens (tertiary/aromatic N) is 2. The van der Waals surface area contributed by atoms with E-state index in [9.17, 15) is 4.79 Å². The Morgan fingerprint density at radius 3 is 2.62 bits per heavy atom. The second-order valence-corrected chi connectivity index (χ2v) is 6.08. The van der Waals surface area contributed by atoms with Crippen molar-refractivity contribution in [2.24, 2.45) is 0 Å². The van der Waals surface area contributed by atoms with E-state index in [0.29, 0.717) is 21.9 Å². The first-order chi connectivity index (χ1) is 9.90. The summed E-state index contributed by atoms with van der Waals surface area (Å²) in [6.45, 7) is 6.27. The summed E-state index contributed by atoms with van der Waals surface area (Å²) in [7, 11) is 0. The van der Waals surface area contributed by atoms with Crippen LogP contribution >= 0.6 is 0 Å². The fourth-order valence-electron chi connectivity index (χ4n) is 2.27. The summed E-state index contributed by atoms with van der Waals surface area (Å²) in [5, 5.41) is 9.79. The van der Waals surface area contributed by atoms with E-state index in [-0.39, 0.29) is 16.6 Å². The molecule has 0 amide bonds. The van der Waals surface area contributed by atoms with Gasteiger partial charge in [-0.2, -0.15) is 5.26 Å². The van der Waals surface area contributed by atoms with Crippen molar-refractivity contribution in [1.29, 1.82) is 5.26 Å². The van der Waals surface area contributed by atoms with Gasteiger partial charge in [0.25, 0.3) is 0 Å². The summed E-state index contributed by atoms with van der Waals surface area (Å²) in [4.78, 5) is 16.7. The Morgan fingerprint density at radius 2 is 1.95 bits per heavy atom. The Kier molecular flexibility index (Phi) is 2.80. The van der Waals surface area contributed by atoms with Gasteiger partial charge in [-0.05, 0) is 29.2 Å². The third kappa shape index (κ3) is 2.17. The summed E-state index contributed by atoms with van der Waals surface area (Å²) >= 11 is 0. The van der Waals surface area contributed by atoms with Crippen molar-refractivity contribution < 1.29 is 4.42 Å². The highest BCUT2D eigenvalue weighted by molar-refractivity contribution is 5.88. The van der Waals surface area contributed by atoms with Crippen LogP contribution in [-0.4, -0.2) is 4.98 Å². The van der Waals surface area contributed by atoms with E-state index in [0.717, 1.165) is 5.56 Å². The van der Waals surface area contributed by atoms with Crippen LogP contribution in [0.1, 0.15) is 31.9 Å². The number of rotatable bonds is 0. The zero-order chi connectivity index (χ0) is 15.2. The minimum atomic E-state index is -0.151. The molecule has 0 saturated carbocycles. The second kappa shape index (κ2) is 4.42. The Labute approximate surface area is 121 Å². The van der Waals surface area contributed by atoms with Gasteiger partial charge in [0.2, 0.25) is 11.1 Å². The molecule has 0 N–H and O–H groups in total. The van der Waals surface area contributed by atoms with Gasteiger partial charge in [-0.3, -0.25) is 4.79 Å². The highest BCUT2D eigenvalue weighted by Crippen LogP contribution is 2.26. The Morgan fingerprint density at radius 1 is 1.19 bits per heavy atom. The molecule has 2 aromatic heterocycles. The molecule has 3 rings (SSSR count). The molecular weight excluding hydrogens is 264 g/mol. The Balaban J connectivity index is 2.42. The first kappa shape index (κ1) is 13.3. The summed E-state index contributed by atoms with van der Waals surface area (Å²) in [5.41, 5.74) is 1.98. The molecule has 3 aromatic rings. The van der Waals surface area contributed by atoms with Crippen molar-refractivity contribution in [1.82, 2.24) is 4.98 Å². The first-order valence-electron chi connectivity index (χ1n) is 6.67. The topological polar surface area (TPSA) is 66.9 Å². The molecular formula is C17H14N2O2. The number of hydrogen-bond donors (Lipinski definition) is 0. The number of aromatic nitrogens is 1. The van der Waals surface area contributed by atoms with Gasteiger partial charge in [0.05, 0.1) is 16.3 Å². The lowest BCUT2D eigenvalue weighted by Crippen LogP contribution is -2.12. The van der Waals surface area contributed by atoms with Crippen LogP contribution in [0, 0.1) is 11.3 Å². The van der Waals surface area contributed by atoms with Crippen molar-refractivity contribution in [3.63, 3.8) is 0 Å². The largest absolute Gasteiger partial charge is 0.437 e. The molecule has 1 aromatic carbocycles. The molecule has 2 heterocycles. The monoisotopic (exact) mass is 278 g/mol. The SMILES string of the molecule is CC(C)(C)c1ccc2oc3ncc(C#N)cc3c(=O)c2c1. The highest BCUT2D eigenvalue weighted by atomic mass is 16.3. The number of nitriles is 1. The molecule has 0 radical (unpaired) electrons. The molecule has 4 heteroatoms. The maximum absolute atomic E-state index is 12.6. The zero-order valence-corrected chi connectivity index (χ0v) is 12.1. The van der Waals surface area contributed by atoms with Gasteiger partial charge >= 0.3 is 0 Å². The van der Waals surface area contributed by atoms with Crippen LogP contribution in [0.3, 0.4) is 0 Å². The average molecular weight is 278 g/mol. The van der Waals surface area contributed by atoms with Crippen molar-refractivity contribution in [3.05, 3.63) is 51.8 Å². The molecule has 0 aliphatic heterocycles. The number of benzene rings is 1. The molecule has 0 spiro atoms. The maximum Gasteiger partial charge on any atom is 0.230 e. The van der Waals surface area contributed by atoms with Crippen LogP contribution in [-0.2, 0) is 5.41 Å². The minimum Gasteiger partial charge on any atom is -0.437 e. The smallest absolute Gasteiger partial charge is 0.230 e. The molecule has 0 aliphatic rings. The van der Waals surface area contributed by atoms with Crippen molar-refractivity contribution in [2.45, 2.75) is 26.2 Å². The third-order valence-electron chi connectivity index (χ3n) is 3.52. The van der Waals surface area contributed by atoms with Crippen LogP contribution in [0.4, 0.5) is 0 Å². The van der Waals surface area contributed by atoms with Crippen molar-refractivity contribution in [3.8, 4) is 6.07 Å². The second-order valence-electron chi connectivity index (χ2n) is 6.08. The summed E-state index contributed by atoms with van der Waals surface area (Å²) in [6.07, 6.45) is 1.40. The molecule has 0 atom stereocenters. The molecule has 104 valence electrons. The quantitative estimate of drug-likeness (QED) is 0.590. The van der Waals surface area contributed by atoms with Gasteiger partial charge in [0, 0.05) is 6.20 Å². The van der Waals surface area contributed by atoms with Gasteiger partial charge in [0.1, 0.15) is 11.7 Å². The Bertz CT molecular complexity index is 957. The zero-order valence-electron chi connectivity index (χ0n) is 12.1. The molecule has 21 heavy (non-hydrogen) atoms. The van der Waals surface area contributed by atoms with Gasteiger partial charge in [-0.15, -0.1) is 0 Å². The fraction of sp³-hybridized carbons (Fsp3) is 0.235. The molecule has 0 bridgehead atoms. The van der Waals surface area contributed by atoms with E-state index < -0.39 is 0 Å². The summed E-state index contributed by atoms with van der Waals surface area (Å²) in [5.74, 6) is 0. The number of fused-ring (bicyclic) bond motifs is 2. The van der Waals surface area contributed by atoms with Crippen LogP contribution in [0.25, 0.3) is 22.1 Å². The number of hydrogen-bond acceptors (Lipinski definition) is 4. The van der Waals surface area contributed by atoms with Crippen LogP contribution in [0.15, 0.2) is 39.7 Å². The van der Waals surface area contributed by atoms with Gasteiger partial charge in [0.15, 0.2) is 0 Å². The third-order valence-corrected chi connectivity index (χ3v) is 3.52. The molecule has 0 unspecified atom stereocenters. The lowest BCUT2D eigenvalue weighted by Gasteiger charge is -2.19. The number of pyridine rings is 1.